The molecule has 0 saturated carbocycles. The van der Waals surface area contributed by atoms with Crippen molar-refractivity contribution in [3.63, 3.8) is 0 Å². The number of nitrogens with zero attached hydrogens (tertiary/aromatic N) is 2. The Morgan fingerprint density at radius 2 is 1.59 bits per heavy atom. The summed E-state index contributed by atoms with van der Waals surface area (Å²) in [4.78, 5) is -0.0736. The zero-order valence-electron chi connectivity index (χ0n) is 15.4. The van der Waals surface area contributed by atoms with E-state index in [-0.39, 0.29) is 38.8 Å². The maximum atomic E-state index is 12.3. The first-order valence-electron chi connectivity index (χ1n) is 8.47. The van der Waals surface area contributed by atoms with Gasteiger partial charge in [-0.05, 0) is 50.2 Å². The van der Waals surface area contributed by atoms with E-state index in [0.717, 1.165) is 0 Å². The molecule has 0 spiro atoms. The summed E-state index contributed by atoms with van der Waals surface area (Å²) in [5.74, 6) is -0.498. The average molecular weight is 454 g/mol. The normalized spacial score (nSPS) is 12.3. The third-order valence-corrected chi connectivity index (χ3v) is 6.24. The van der Waals surface area contributed by atoms with E-state index in [0.29, 0.717) is 15.8 Å². The van der Waals surface area contributed by atoms with Crippen molar-refractivity contribution in [1.82, 2.24) is 4.72 Å². The van der Waals surface area contributed by atoms with Gasteiger partial charge in [0.2, 0.25) is 10.0 Å². The largest absolute Gasteiger partial charge is 0.506 e. The highest BCUT2D eigenvalue weighted by atomic mass is 35.5. The van der Waals surface area contributed by atoms with E-state index >= 15 is 0 Å². The van der Waals surface area contributed by atoms with Crippen molar-refractivity contribution in [1.29, 1.82) is 0 Å². The Hall–Kier alpha value is -2.39. The fourth-order valence-corrected chi connectivity index (χ4v) is 4.40. The van der Waals surface area contributed by atoms with E-state index in [1.165, 1.54) is 24.3 Å². The van der Waals surface area contributed by atoms with Crippen LogP contribution >= 0.6 is 23.2 Å². The first-order chi connectivity index (χ1) is 13.6. The van der Waals surface area contributed by atoms with Crippen LogP contribution in [0.15, 0.2) is 57.6 Å². The SMILES string of the molecule is CC(C)NS(=O)(=O)c1ccc(O)c(N=Nc2ccc3c(Cl)ccc(Cl)c3c2O)c1. The number of benzene rings is 3. The van der Waals surface area contributed by atoms with Crippen molar-refractivity contribution < 1.29 is 18.6 Å². The quantitative estimate of drug-likeness (QED) is 0.432. The zero-order chi connectivity index (χ0) is 21.3. The van der Waals surface area contributed by atoms with E-state index in [2.05, 4.69) is 15.0 Å². The van der Waals surface area contributed by atoms with Crippen LogP contribution in [0.1, 0.15) is 13.8 Å². The maximum Gasteiger partial charge on any atom is 0.240 e. The topological polar surface area (TPSA) is 111 Å². The lowest BCUT2D eigenvalue weighted by Crippen LogP contribution is -2.30. The van der Waals surface area contributed by atoms with Crippen LogP contribution in [0, 0.1) is 0 Å². The molecule has 7 nitrogen and oxygen atoms in total. The monoisotopic (exact) mass is 453 g/mol. The van der Waals surface area contributed by atoms with Crippen LogP contribution in [0.3, 0.4) is 0 Å². The number of rotatable bonds is 5. The molecular formula is C19H17Cl2N3O4S. The van der Waals surface area contributed by atoms with Crippen molar-refractivity contribution in [2.45, 2.75) is 24.8 Å². The predicted octanol–water partition coefficient (Wildman–Crippen LogP) is 5.66. The first-order valence-corrected chi connectivity index (χ1v) is 10.7. The molecule has 0 bridgehead atoms. The number of sulfonamides is 1. The lowest BCUT2D eigenvalue weighted by Gasteiger charge is -2.10. The molecule has 3 rings (SSSR count). The predicted molar refractivity (Wildman–Crippen MR) is 113 cm³/mol. The Morgan fingerprint density at radius 3 is 2.28 bits per heavy atom. The number of hydrogen-bond donors (Lipinski definition) is 3. The summed E-state index contributed by atoms with van der Waals surface area (Å²) >= 11 is 12.3. The van der Waals surface area contributed by atoms with Crippen LogP contribution in [0.4, 0.5) is 11.4 Å². The molecule has 0 fully saturated rings. The molecular weight excluding hydrogens is 437 g/mol. The van der Waals surface area contributed by atoms with Gasteiger partial charge in [-0.2, -0.15) is 0 Å². The summed E-state index contributed by atoms with van der Waals surface area (Å²) in [6.45, 7) is 3.39. The van der Waals surface area contributed by atoms with Gasteiger partial charge in [0.25, 0.3) is 0 Å². The van der Waals surface area contributed by atoms with Crippen LogP contribution < -0.4 is 4.72 Å². The standard InChI is InChI=1S/C19H17Cl2N3O4S/c1-10(2)24-29(27,28)11-3-8-17(25)16(9-11)23-22-15-7-4-12-13(20)5-6-14(21)18(12)19(15)26/h3-10,24-26H,1-2H3. The summed E-state index contributed by atoms with van der Waals surface area (Å²) in [5.41, 5.74) is 0.00273. The second kappa shape index (κ2) is 8.16. The van der Waals surface area contributed by atoms with Crippen molar-refractivity contribution >= 4 is 55.4 Å². The van der Waals surface area contributed by atoms with Gasteiger partial charge in [0.05, 0.1) is 9.92 Å². The second-order valence-corrected chi connectivity index (χ2v) is 9.04. The third kappa shape index (κ3) is 4.45. The maximum absolute atomic E-state index is 12.3. The van der Waals surface area contributed by atoms with Gasteiger partial charge in [-0.15, -0.1) is 10.2 Å². The first kappa shape index (κ1) is 21.3. The van der Waals surface area contributed by atoms with E-state index < -0.39 is 10.0 Å². The number of phenols is 2. The minimum absolute atomic E-state index is 0.0736. The van der Waals surface area contributed by atoms with Gasteiger partial charge in [0.15, 0.2) is 5.75 Å². The van der Waals surface area contributed by atoms with Gasteiger partial charge in [-0.1, -0.05) is 29.3 Å². The van der Waals surface area contributed by atoms with E-state index in [1.807, 2.05) is 0 Å². The number of aromatic hydroxyl groups is 2. The van der Waals surface area contributed by atoms with E-state index in [1.54, 1.807) is 32.0 Å². The second-order valence-electron chi connectivity index (χ2n) is 6.51. The molecule has 3 N–H and O–H groups in total. The van der Waals surface area contributed by atoms with Crippen molar-refractivity contribution in [3.8, 4) is 11.5 Å². The summed E-state index contributed by atoms with van der Waals surface area (Å²) in [6.07, 6.45) is 0. The average Bonchev–Trinajstić information content (AvgIpc) is 2.63. The van der Waals surface area contributed by atoms with Crippen LogP contribution in [0.25, 0.3) is 10.8 Å². The molecule has 3 aromatic carbocycles. The highest BCUT2D eigenvalue weighted by Crippen LogP contribution is 2.42. The molecule has 0 aliphatic carbocycles. The van der Waals surface area contributed by atoms with Gasteiger partial charge in [0.1, 0.15) is 17.1 Å². The molecule has 0 saturated heterocycles. The highest BCUT2D eigenvalue weighted by molar-refractivity contribution is 7.89. The Labute approximate surface area is 177 Å². The minimum atomic E-state index is -3.77. The molecule has 0 atom stereocenters. The fourth-order valence-electron chi connectivity index (χ4n) is 2.66. The summed E-state index contributed by atoms with van der Waals surface area (Å²) in [6, 6.07) is 9.63. The number of fused-ring (bicyclic) bond motifs is 1. The number of azo groups is 1. The van der Waals surface area contributed by atoms with Crippen molar-refractivity contribution in [2.75, 3.05) is 0 Å². The molecule has 0 aliphatic heterocycles. The Morgan fingerprint density at radius 1 is 0.931 bits per heavy atom. The summed E-state index contributed by atoms with van der Waals surface area (Å²) < 4.78 is 27.1. The van der Waals surface area contributed by atoms with Crippen LogP contribution in [-0.4, -0.2) is 24.7 Å². The van der Waals surface area contributed by atoms with Gasteiger partial charge in [0, 0.05) is 21.8 Å². The van der Waals surface area contributed by atoms with Crippen molar-refractivity contribution in [3.05, 3.63) is 52.5 Å². The molecule has 0 amide bonds. The lowest BCUT2D eigenvalue weighted by atomic mass is 10.1. The molecule has 3 aromatic rings. The fraction of sp³-hybridized carbons (Fsp3) is 0.158. The van der Waals surface area contributed by atoms with Gasteiger partial charge in [-0.3, -0.25) is 0 Å². The van der Waals surface area contributed by atoms with Gasteiger partial charge in [-0.25, -0.2) is 13.1 Å². The lowest BCUT2D eigenvalue weighted by molar-refractivity contribution is 0.475. The Kier molecular flexibility index (Phi) is 6.00. The van der Waals surface area contributed by atoms with E-state index in [9.17, 15) is 18.6 Å². The number of hydrogen-bond acceptors (Lipinski definition) is 6. The number of nitrogens with one attached hydrogen (secondary N) is 1. The number of halogens is 2. The molecule has 10 heteroatoms. The third-order valence-electron chi connectivity index (χ3n) is 3.94. The smallest absolute Gasteiger partial charge is 0.240 e. The molecule has 0 aromatic heterocycles. The summed E-state index contributed by atoms with van der Waals surface area (Å²) in [7, 11) is -3.77. The Balaban J connectivity index is 2.04. The molecule has 0 unspecified atom stereocenters. The van der Waals surface area contributed by atoms with Crippen LogP contribution in [-0.2, 0) is 10.0 Å². The highest BCUT2D eigenvalue weighted by Gasteiger charge is 2.17. The summed E-state index contributed by atoms with van der Waals surface area (Å²) in [5, 5.41) is 29.9. The molecule has 0 aliphatic rings. The molecule has 0 radical (unpaired) electrons. The number of phenolic OH excluding ortho intramolecular Hbond substituents is 2. The van der Waals surface area contributed by atoms with Crippen LogP contribution in [0.2, 0.25) is 10.0 Å². The molecule has 152 valence electrons. The molecule has 29 heavy (non-hydrogen) atoms. The zero-order valence-corrected chi connectivity index (χ0v) is 17.7. The van der Waals surface area contributed by atoms with Crippen LogP contribution in [0.5, 0.6) is 11.5 Å². The van der Waals surface area contributed by atoms with E-state index in [4.69, 9.17) is 23.2 Å². The minimum Gasteiger partial charge on any atom is -0.506 e. The molecule has 0 heterocycles. The van der Waals surface area contributed by atoms with Crippen molar-refractivity contribution in [2.24, 2.45) is 10.2 Å². The van der Waals surface area contributed by atoms with Gasteiger partial charge >= 0.3 is 0 Å². The Bertz CT molecular complexity index is 1230. The van der Waals surface area contributed by atoms with Gasteiger partial charge < -0.3 is 10.2 Å².